The van der Waals surface area contributed by atoms with Gasteiger partial charge in [0.2, 0.25) is 5.82 Å². The Bertz CT molecular complexity index is 1490. The third-order valence-corrected chi connectivity index (χ3v) is 13.8. The van der Waals surface area contributed by atoms with Gasteiger partial charge in [-0.25, -0.2) is 9.97 Å². The largest absolute Gasteiger partial charge is 0.462 e. The van der Waals surface area contributed by atoms with Crippen LogP contribution >= 0.6 is 0 Å². The van der Waals surface area contributed by atoms with E-state index in [1.165, 1.54) is 5.57 Å². The van der Waals surface area contributed by atoms with Gasteiger partial charge in [-0.3, -0.25) is 14.4 Å². The Morgan fingerprint density at radius 1 is 0.980 bits per heavy atom. The normalized spacial score (nSPS) is 36.3. The van der Waals surface area contributed by atoms with Gasteiger partial charge in [0, 0.05) is 36.8 Å². The molecule has 1 heterocycles. The van der Waals surface area contributed by atoms with Crippen molar-refractivity contribution in [2.45, 2.75) is 131 Å². The number of nitrogens with one attached hydrogen (secondary N) is 1. The van der Waals surface area contributed by atoms with Crippen LogP contribution in [0.1, 0.15) is 130 Å². The summed E-state index contributed by atoms with van der Waals surface area (Å²) in [6, 6.07) is 1.70. The van der Waals surface area contributed by atoms with Crippen LogP contribution in [0.3, 0.4) is 0 Å². The van der Waals surface area contributed by atoms with Crippen molar-refractivity contribution in [3.63, 3.8) is 0 Å². The smallest absolute Gasteiger partial charge is 0.307 e. The molecule has 0 aromatic carbocycles. The molecular weight excluding hydrogens is 618 g/mol. The molecule has 5 aliphatic carbocycles. The summed E-state index contributed by atoms with van der Waals surface area (Å²) in [6.07, 6.45) is 12.2. The van der Waals surface area contributed by atoms with Crippen molar-refractivity contribution >= 4 is 23.9 Å². The monoisotopic (exact) mass is 677 g/mol. The number of rotatable bonds is 7. The second-order valence-electron chi connectivity index (χ2n) is 17.8. The summed E-state index contributed by atoms with van der Waals surface area (Å²) >= 11 is 0. The number of aliphatic hydroxyl groups is 1. The summed E-state index contributed by atoms with van der Waals surface area (Å²) in [5.74, 6) is 1.49. The highest BCUT2D eigenvalue weighted by atomic mass is 16.5. The molecule has 0 radical (unpaired) electrons. The Labute approximate surface area is 292 Å². The number of carbonyl (C=O) groups is 4. The van der Waals surface area contributed by atoms with Crippen molar-refractivity contribution in [3.05, 3.63) is 35.4 Å². The molecule has 8 atom stereocenters. The van der Waals surface area contributed by atoms with Gasteiger partial charge in [0.15, 0.2) is 5.78 Å². The van der Waals surface area contributed by atoms with Gasteiger partial charge in [-0.1, -0.05) is 55.4 Å². The standard InChI is InChI=1S/C39H55N3O5.CH4O/c1-23(2)31-26(44)20-39(42-34(46)33-40-18-9-19-41-33)17-12-25-24(32(31)39)10-11-28-37(25,7)15-13-27-36(5,6)29(14-16-38(27,28)8)47-30(45)21-35(3,4)22-43;1-2/h9,18-19,22-25,27-29H,10-17,20-21H2,1-8H3,(H,42,46);2H,1H3. The van der Waals surface area contributed by atoms with Crippen molar-refractivity contribution in [2.75, 3.05) is 7.11 Å². The van der Waals surface area contributed by atoms with Gasteiger partial charge in [-0.2, -0.15) is 0 Å². The molecule has 1 aromatic rings. The van der Waals surface area contributed by atoms with E-state index in [0.717, 1.165) is 70.3 Å². The predicted molar refractivity (Wildman–Crippen MR) is 187 cm³/mol. The van der Waals surface area contributed by atoms with Crippen molar-refractivity contribution in [3.8, 4) is 0 Å². The number of fused-ring (bicyclic) bond motifs is 7. The molecule has 0 bridgehead atoms. The third kappa shape index (κ3) is 6.20. The highest BCUT2D eigenvalue weighted by molar-refractivity contribution is 6.03. The first-order valence-electron chi connectivity index (χ1n) is 18.5. The van der Waals surface area contributed by atoms with E-state index in [9.17, 15) is 19.2 Å². The van der Waals surface area contributed by atoms with Crippen LogP contribution in [-0.4, -0.2) is 57.8 Å². The Morgan fingerprint density at radius 3 is 2.27 bits per heavy atom. The molecule has 4 fully saturated rings. The number of Topliss-reactive ketones (excluding diaryl/α,β-unsaturated/α-hetero) is 1. The molecule has 9 nitrogen and oxygen atoms in total. The van der Waals surface area contributed by atoms with Crippen LogP contribution in [0.15, 0.2) is 29.6 Å². The van der Waals surface area contributed by atoms with Gasteiger partial charge < -0.3 is 20.0 Å². The Morgan fingerprint density at radius 2 is 1.63 bits per heavy atom. The number of hydrogen-bond acceptors (Lipinski definition) is 8. The maximum absolute atomic E-state index is 13.8. The zero-order valence-electron chi connectivity index (χ0n) is 31.2. The highest BCUT2D eigenvalue weighted by Crippen LogP contribution is 2.72. The Balaban J connectivity index is 0.00000230. The topological polar surface area (TPSA) is 136 Å². The van der Waals surface area contributed by atoms with Gasteiger partial charge in [0.25, 0.3) is 5.91 Å². The molecular formula is C40H59N3O6. The quantitative estimate of drug-likeness (QED) is 0.241. The second-order valence-corrected chi connectivity index (χ2v) is 17.8. The lowest BCUT2D eigenvalue weighted by molar-refractivity contribution is -0.213. The van der Waals surface area contributed by atoms with E-state index in [1.807, 2.05) is 0 Å². The molecule has 1 aromatic heterocycles. The lowest BCUT2D eigenvalue weighted by atomic mass is 9.37. The number of aldehydes is 1. The molecule has 5 aliphatic rings. The number of esters is 1. The Hall–Kier alpha value is -2.94. The van der Waals surface area contributed by atoms with Gasteiger partial charge in [0.05, 0.1) is 12.0 Å². The number of aromatic nitrogens is 2. The molecule has 0 spiro atoms. The van der Waals surface area contributed by atoms with Crippen LogP contribution < -0.4 is 5.32 Å². The lowest BCUT2D eigenvalue weighted by Gasteiger charge is -2.68. The zero-order chi connectivity index (χ0) is 36.2. The summed E-state index contributed by atoms with van der Waals surface area (Å²) < 4.78 is 6.17. The average molecular weight is 678 g/mol. The maximum Gasteiger partial charge on any atom is 0.307 e. The van der Waals surface area contributed by atoms with Crippen LogP contribution in [0, 0.1) is 51.2 Å². The van der Waals surface area contributed by atoms with E-state index >= 15 is 0 Å². The molecule has 2 N–H and O–H groups in total. The third-order valence-electron chi connectivity index (χ3n) is 13.8. The number of allylic oxidation sites excluding steroid dienone is 1. The van der Waals surface area contributed by atoms with Gasteiger partial charge in [0.1, 0.15) is 12.4 Å². The number of carbonyl (C=O) groups excluding carboxylic acids is 4. The molecule has 0 saturated heterocycles. The average Bonchev–Trinajstić information content (AvgIpc) is 3.35. The number of hydrogen-bond donors (Lipinski definition) is 2. The summed E-state index contributed by atoms with van der Waals surface area (Å²) in [6.45, 7) is 17.4. The summed E-state index contributed by atoms with van der Waals surface area (Å²) in [5.41, 5.74) is 0.808. The molecule has 8 unspecified atom stereocenters. The summed E-state index contributed by atoms with van der Waals surface area (Å²) in [5, 5.41) is 10.3. The van der Waals surface area contributed by atoms with Gasteiger partial charge >= 0.3 is 5.97 Å². The summed E-state index contributed by atoms with van der Waals surface area (Å²) in [7, 11) is 1.00. The molecule has 49 heavy (non-hydrogen) atoms. The number of ether oxygens (including phenoxy) is 1. The Kier molecular flexibility index (Phi) is 10.1. The highest BCUT2D eigenvalue weighted by Gasteiger charge is 2.67. The minimum absolute atomic E-state index is 0.0951. The van der Waals surface area contributed by atoms with Gasteiger partial charge in [-0.15, -0.1) is 0 Å². The fourth-order valence-corrected chi connectivity index (χ4v) is 11.9. The van der Waals surface area contributed by atoms with E-state index in [0.29, 0.717) is 24.2 Å². The number of ketones is 1. The second kappa shape index (κ2) is 13.3. The maximum atomic E-state index is 13.8. The molecule has 0 aliphatic heterocycles. The van der Waals surface area contributed by atoms with E-state index < -0.39 is 11.0 Å². The zero-order valence-corrected chi connectivity index (χ0v) is 31.2. The molecule has 6 rings (SSSR count). The van der Waals surface area contributed by atoms with E-state index in [1.54, 1.807) is 32.3 Å². The first kappa shape index (κ1) is 37.3. The number of amides is 1. The van der Waals surface area contributed by atoms with Crippen molar-refractivity contribution < 1.29 is 29.0 Å². The number of nitrogens with zero attached hydrogens (tertiary/aromatic N) is 2. The lowest BCUT2D eigenvalue weighted by Crippen LogP contribution is -2.64. The van der Waals surface area contributed by atoms with Gasteiger partial charge in [-0.05, 0) is 109 Å². The van der Waals surface area contributed by atoms with Crippen LogP contribution in [0.2, 0.25) is 0 Å². The summed E-state index contributed by atoms with van der Waals surface area (Å²) in [4.78, 5) is 60.1. The minimum atomic E-state index is -0.722. The molecule has 4 saturated carbocycles. The first-order chi connectivity index (χ1) is 23.0. The fourth-order valence-electron chi connectivity index (χ4n) is 11.9. The van der Waals surface area contributed by atoms with Crippen LogP contribution in [-0.2, 0) is 19.1 Å². The van der Waals surface area contributed by atoms with Crippen LogP contribution in [0.5, 0.6) is 0 Å². The van der Waals surface area contributed by atoms with Crippen LogP contribution in [0.25, 0.3) is 0 Å². The molecule has 1 amide bonds. The van der Waals surface area contributed by atoms with Crippen molar-refractivity contribution in [1.82, 2.24) is 15.3 Å². The van der Waals surface area contributed by atoms with E-state index in [4.69, 9.17) is 9.84 Å². The number of aliphatic hydroxyl groups excluding tert-OH is 1. The SMILES string of the molecule is CC(C)C1=C2C3CCC4C(C)(CCC5C(C)(C)C(OC(=O)CC(C)(C)C=O)CCC54C)C3CCC2(NC(=O)c2ncccn2)CC1=O.CO. The first-order valence-corrected chi connectivity index (χ1v) is 18.5. The van der Waals surface area contributed by atoms with Crippen molar-refractivity contribution in [1.29, 1.82) is 0 Å². The van der Waals surface area contributed by atoms with Crippen molar-refractivity contribution in [2.24, 2.45) is 51.2 Å². The van der Waals surface area contributed by atoms with E-state index in [-0.39, 0.29) is 64.1 Å². The van der Waals surface area contributed by atoms with Crippen LogP contribution in [0.4, 0.5) is 0 Å². The molecule has 270 valence electrons. The molecule has 9 heteroatoms. The minimum Gasteiger partial charge on any atom is -0.462 e. The fraction of sp³-hybridized carbons (Fsp3) is 0.750. The predicted octanol–water partition coefficient (Wildman–Crippen LogP) is 6.68. The van der Waals surface area contributed by atoms with E-state index in [2.05, 4.69) is 56.8 Å².